The summed E-state index contributed by atoms with van der Waals surface area (Å²) in [4.78, 5) is 61.2. The molecule has 3 saturated heterocycles. The first kappa shape index (κ1) is 37.3. The maximum atomic E-state index is 14.4. The number of carbonyl (C=O) groups excluding carboxylic acids is 4. The number of likely N-dealkylation sites (tertiary alicyclic amines) is 1. The molecule has 0 radical (unpaired) electrons. The van der Waals surface area contributed by atoms with E-state index in [1.54, 1.807) is 33.9 Å². The zero-order chi connectivity index (χ0) is 34.8. The molecule has 0 saturated carbocycles. The number of aliphatic hydroxyl groups excluding tert-OH is 1. The summed E-state index contributed by atoms with van der Waals surface area (Å²) in [7, 11) is 1.70. The van der Waals surface area contributed by atoms with Gasteiger partial charge in [-0.2, -0.15) is 0 Å². The van der Waals surface area contributed by atoms with Gasteiger partial charge >= 0.3 is 5.97 Å². The van der Waals surface area contributed by atoms with Crippen molar-refractivity contribution in [2.75, 3.05) is 33.3 Å². The Morgan fingerprint density at radius 1 is 1.12 bits per heavy atom. The largest absolute Gasteiger partial charge is 0.455 e. The lowest BCUT2D eigenvalue weighted by molar-refractivity contribution is -0.164. The maximum absolute atomic E-state index is 14.4. The van der Waals surface area contributed by atoms with Crippen LogP contribution in [0.3, 0.4) is 0 Å². The molecule has 7 atom stereocenters. The summed E-state index contributed by atoms with van der Waals surface area (Å²) in [6.45, 7) is 12.9. The van der Waals surface area contributed by atoms with Gasteiger partial charge in [0.25, 0.3) is 0 Å². The molecule has 4 rings (SSSR count). The van der Waals surface area contributed by atoms with Crippen molar-refractivity contribution in [3.63, 3.8) is 0 Å². The lowest BCUT2D eigenvalue weighted by Crippen LogP contribution is -2.56. The first-order valence-electron chi connectivity index (χ1n) is 17.8. The monoisotopic (exact) mass is 665 g/mol. The number of aliphatic hydroxyl groups is 1. The van der Waals surface area contributed by atoms with E-state index in [-0.39, 0.29) is 24.3 Å². The number of amides is 3. The normalized spacial score (nSPS) is 25.3. The number of hydrogen-bond donors (Lipinski definition) is 1. The van der Waals surface area contributed by atoms with Gasteiger partial charge in [0.15, 0.2) is 0 Å². The number of carbonyl (C=O) groups is 4. The van der Waals surface area contributed by atoms with E-state index in [2.05, 4.69) is 20.1 Å². The van der Waals surface area contributed by atoms with Crippen LogP contribution < -0.4 is 0 Å². The van der Waals surface area contributed by atoms with E-state index in [4.69, 9.17) is 9.47 Å². The summed E-state index contributed by atoms with van der Waals surface area (Å²) >= 11 is 0. The molecule has 2 bridgehead atoms. The number of fused-ring (bicyclic) bond motifs is 1. The van der Waals surface area contributed by atoms with Gasteiger partial charge in [0.2, 0.25) is 17.7 Å². The fourth-order valence-electron chi connectivity index (χ4n) is 7.81. The Hall–Kier alpha value is -3.50. The van der Waals surface area contributed by atoms with Gasteiger partial charge in [-0.1, -0.05) is 62.2 Å². The van der Waals surface area contributed by atoms with Gasteiger partial charge in [-0.25, -0.2) is 0 Å². The molecule has 3 aliphatic rings. The van der Waals surface area contributed by atoms with Crippen molar-refractivity contribution in [3.8, 4) is 0 Å². The summed E-state index contributed by atoms with van der Waals surface area (Å²) in [5, 5.41) is 9.34. The van der Waals surface area contributed by atoms with Crippen LogP contribution in [0.2, 0.25) is 0 Å². The minimum absolute atomic E-state index is 0.0577. The van der Waals surface area contributed by atoms with E-state index >= 15 is 0 Å². The Morgan fingerprint density at radius 2 is 1.88 bits per heavy atom. The third-order valence-electron chi connectivity index (χ3n) is 10.4. The molecule has 0 unspecified atom stereocenters. The predicted octanol–water partition coefficient (Wildman–Crippen LogP) is 4.83. The second kappa shape index (κ2) is 17.2. The Labute approximate surface area is 286 Å². The molecule has 1 aromatic carbocycles. The topological polar surface area (TPSA) is 117 Å². The van der Waals surface area contributed by atoms with Gasteiger partial charge in [-0.05, 0) is 57.4 Å². The zero-order valence-electron chi connectivity index (χ0n) is 29.1. The zero-order valence-corrected chi connectivity index (χ0v) is 29.1. The number of benzene rings is 1. The summed E-state index contributed by atoms with van der Waals surface area (Å²) in [5.74, 6) is -2.79. The molecule has 3 aliphatic heterocycles. The van der Waals surface area contributed by atoms with Crippen LogP contribution in [0.15, 0.2) is 55.6 Å². The third-order valence-corrected chi connectivity index (χ3v) is 10.4. The first-order valence-corrected chi connectivity index (χ1v) is 17.8. The van der Waals surface area contributed by atoms with Crippen molar-refractivity contribution in [2.45, 2.75) is 108 Å². The smallest absolute Gasteiger partial charge is 0.313 e. The van der Waals surface area contributed by atoms with E-state index in [0.29, 0.717) is 64.6 Å². The minimum Gasteiger partial charge on any atom is -0.455 e. The van der Waals surface area contributed by atoms with Gasteiger partial charge in [-0.15, -0.1) is 13.2 Å². The molecule has 0 aliphatic carbocycles. The molecule has 10 heteroatoms. The standard InChI is InChI=1S/C38H55N3O7/c1-6-9-15-24-40(23-8-3)36(45)34-38-22-21-29(48-38)31(32(38)35(44)41(34)25-16-12-17-26-42)37(46)47-33(28-18-13-11-14-19-28)27(4)39(5)30(43)20-10-7-2/h7-8,11,13-14,18-19,27,29,31-34,42H,2-3,6,9-10,12,15-17,20-26H2,1,4-5H3/t27-,29+,31-,32-,33+,34+,38-/m0/s1. The average molecular weight is 666 g/mol. The van der Waals surface area contributed by atoms with Gasteiger partial charge < -0.3 is 29.3 Å². The lowest BCUT2D eigenvalue weighted by atomic mass is 9.70. The van der Waals surface area contributed by atoms with Gasteiger partial charge in [0.1, 0.15) is 17.7 Å². The van der Waals surface area contributed by atoms with E-state index in [1.807, 2.05) is 37.3 Å². The SMILES string of the molecule is C=CCCC(=O)N(C)[C@@H](C)[C@@H](OC(=O)[C@@H]1[C@H]2C(=O)N(CCCCCO)[C@H](C(=O)N(CC=C)CCCCC)[C@]23CC[C@H]1O3)c1ccccc1. The molecule has 1 spiro atoms. The fraction of sp³-hybridized carbons (Fsp3) is 0.632. The van der Waals surface area contributed by atoms with Crippen LogP contribution in [-0.2, 0) is 28.7 Å². The predicted molar refractivity (Wildman–Crippen MR) is 183 cm³/mol. The molecule has 1 aromatic rings. The number of likely N-dealkylation sites (N-methyl/N-ethyl adjacent to an activating group) is 1. The molecule has 264 valence electrons. The number of unbranched alkanes of at least 4 members (excludes halogenated alkanes) is 4. The van der Waals surface area contributed by atoms with Crippen molar-refractivity contribution in [3.05, 3.63) is 61.2 Å². The van der Waals surface area contributed by atoms with Crippen molar-refractivity contribution >= 4 is 23.7 Å². The number of esters is 1. The molecule has 1 N–H and O–H groups in total. The molecular formula is C38H55N3O7. The number of allylic oxidation sites excluding steroid dienone is 1. The maximum Gasteiger partial charge on any atom is 0.313 e. The van der Waals surface area contributed by atoms with Crippen LogP contribution in [0.25, 0.3) is 0 Å². The summed E-state index contributed by atoms with van der Waals surface area (Å²) in [6.07, 6.45) is 8.70. The minimum atomic E-state index is -1.13. The number of rotatable bonds is 20. The average Bonchev–Trinajstić information content (AvgIpc) is 3.74. The van der Waals surface area contributed by atoms with Crippen LogP contribution >= 0.6 is 0 Å². The van der Waals surface area contributed by atoms with Crippen molar-refractivity contribution in [1.29, 1.82) is 0 Å². The van der Waals surface area contributed by atoms with Crippen LogP contribution in [0.1, 0.15) is 89.7 Å². The third kappa shape index (κ3) is 7.70. The van der Waals surface area contributed by atoms with E-state index < -0.39 is 47.7 Å². The number of ether oxygens (including phenoxy) is 2. The first-order chi connectivity index (χ1) is 23.2. The Balaban J connectivity index is 1.65. The quantitative estimate of drug-likeness (QED) is 0.121. The highest BCUT2D eigenvalue weighted by Crippen LogP contribution is 2.59. The van der Waals surface area contributed by atoms with Crippen LogP contribution in [0, 0.1) is 11.8 Å². The highest BCUT2D eigenvalue weighted by molar-refractivity contribution is 5.98. The molecule has 48 heavy (non-hydrogen) atoms. The Kier molecular flexibility index (Phi) is 13.4. The molecule has 10 nitrogen and oxygen atoms in total. The lowest BCUT2D eigenvalue weighted by Gasteiger charge is -2.37. The Morgan fingerprint density at radius 3 is 2.54 bits per heavy atom. The molecule has 3 heterocycles. The highest BCUT2D eigenvalue weighted by atomic mass is 16.6. The van der Waals surface area contributed by atoms with E-state index in [1.165, 1.54) is 0 Å². The molecule has 0 aromatic heterocycles. The van der Waals surface area contributed by atoms with Crippen molar-refractivity contribution < 1.29 is 33.8 Å². The van der Waals surface area contributed by atoms with Crippen LogP contribution in [-0.4, -0.2) is 101 Å². The number of hydrogen-bond acceptors (Lipinski definition) is 7. The second-order valence-corrected chi connectivity index (χ2v) is 13.5. The molecular weight excluding hydrogens is 610 g/mol. The fourth-order valence-corrected chi connectivity index (χ4v) is 7.81. The number of nitrogens with zero attached hydrogens (tertiary/aromatic N) is 3. The summed E-state index contributed by atoms with van der Waals surface area (Å²) in [5.41, 5.74) is -0.390. The van der Waals surface area contributed by atoms with Crippen molar-refractivity contribution in [1.82, 2.24) is 14.7 Å². The van der Waals surface area contributed by atoms with Crippen LogP contribution in [0.4, 0.5) is 0 Å². The van der Waals surface area contributed by atoms with E-state index in [0.717, 1.165) is 24.8 Å². The highest BCUT2D eigenvalue weighted by Gasteiger charge is 2.75. The Bertz CT molecular complexity index is 1290. The summed E-state index contributed by atoms with van der Waals surface area (Å²) < 4.78 is 13.0. The molecule has 3 fully saturated rings. The van der Waals surface area contributed by atoms with Crippen LogP contribution in [0.5, 0.6) is 0 Å². The van der Waals surface area contributed by atoms with E-state index in [9.17, 15) is 24.3 Å². The van der Waals surface area contributed by atoms with Gasteiger partial charge in [-0.3, -0.25) is 19.2 Å². The van der Waals surface area contributed by atoms with Crippen molar-refractivity contribution in [2.24, 2.45) is 11.8 Å². The van der Waals surface area contributed by atoms with Gasteiger partial charge in [0, 0.05) is 39.7 Å². The molecule has 3 amide bonds. The second-order valence-electron chi connectivity index (χ2n) is 13.5. The van der Waals surface area contributed by atoms with Gasteiger partial charge in [0.05, 0.1) is 24.0 Å². The summed E-state index contributed by atoms with van der Waals surface area (Å²) in [6, 6.07) is 7.98.